The normalized spacial score (nSPS) is 10.4. The van der Waals surface area contributed by atoms with Crippen molar-refractivity contribution in [3.63, 3.8) is 0 Å². The molecule has 0 spiro atoms. The molecule has 134 valence electrons. The van der Waals surface area contributed by atoms with Crippen molar-refractivity contribution in [1.82, 2.24) is 0 Å². The van der Waals surface area contributed by atoms with Crippen LogP contribution >= 0.6 is 22.9 Å². The van der Waals surface area contributed by atoms with E-state index in [1.807, 2.05) is 36.6 Å². The van der Waals surface area contributed by atoms with Gasteiger partial charge in [0.15, 0.2) is 0 Å². The highest BCUT2D eigenvalue weighted by Crippen LogP contribution is 2.23. The van der Waals surface area contributed by atoms with Crippen molar-refractivity contribution in [3.8, 4) is 11.5 Å². The Hall–Kier alpha value is -2.50. The molecule has 0 aliphatic rings. The Morgan fingerprint density at radius 2 is 1.85 bits per heavy atom. The molecule has 2 aromatic carbocycles. The van der Waals surface area contributed by atoms with E-state index in [0.29, 0.717) is 16.5 Å². The van der Waals surface area contributed by atoms with E-state index < -0.39 is 0 Å². The van der Waals surface area contributed by atoms with Gasteiger partial charge in [0.25, 0.3) is 5.91 Å². The lowest BCUT2D eigenvalue weighted by Gasteiger charge is -2.06. The second-order valence-electron chi connectivity index (χ2n) is 5.70. The van der Waals surface area contributed by atoms with Crippen LogP contribution in [-0.4, -0.2) is 13.0 Å². The number of benzene rings is 2. The third-order valence-electron chi connectivity index (χ3n) is 3.76. The lowest BCUT2D eigenvalue weighted by Crippen LogP contribution is -2.10. The minimum absolute atomic E-state index is 0.145. The largest absolute Gasteiger partial charge is 0.497 e. The van der Waals surface area contributed by atoms with Gasteiger partial charge in [-0.15, -0.1) is 11.3 Å². The molecule has 0 radical (unpaired) electrons. The molecule has 3 rings (SSSR count). The van der Waals surface area contributed by atoms with Crippen molar-refractivity contribution in [1.29, 1.82) is 0 Å². The van der Waals surface area contributed by atoms with Crippen molar-refractivity contribution < 1.29 is 14.3 Å². The molecular weight excluding hydrogens is 370 g/mol. The van der Waals surface area contributed by atoms with E-state index in [2.05, 4.69) is 5.32 Å². The third-order valence-corrected chi connectivity index (χ3v) is 5.16. The van der Waals surface area contributed by atoms with Gasteiger partial charge in [0.05, 0.1) is 12.0 Å². The van der Waals surface area contributed by atoms with Gasteiger partial charge < -0.3 is 14.8 Å². The molecule has 0 fully saturated rings. The predicted molar refractivity (Wildman–Crippen MR) is 106 cm³/mol. The van der Waals surface area contributed by atoms with Crippen molar-refractivity contribution in [2.45, 2.75) is 13.5 Å². The van der Waals surface area contributed by atoms with E-state index >= 15 is 0 Å². The molecule has 1 N–H and O–H groups in total. The average molecular weight is 388 g/mol. The lowest BCUT2D eigenvalue weighted by molar-refractivity contribution is 0.103. The molecule has 0 aliphatic carbocycles. The first kappa shape index (κ1) is 18.3. The fraction of sp³-hybridized carbons (Fsp3) is 0.150. The number of carbonyl (C=O) groups excluding carboxylic acids is 1. The van der Waals surface area contributed by atoms with Crippen LogP contribution in [0.3, 0.4) is 0 Å². The van der Waals surface area contributed by atoms with Gasteiger partial charge in [0.2, 0.25) is 0 Å². The molecule has 0 bridgehead atoms. The fourth-order valence-electron chi connectivity index (χ4n) is 2.31. The topological polar surface area (TPSA) is 47.6 Å². The molecule has 0 aliphatic heterocycles. The maximum atomic E-state index is 12.4. The quantitative estimate of drug-likeness (QED) is 0.603. The molecule has 1 heterocycles. The number of methoxy groups -OCH3 is 1. The van der Waals surface area contributed by atoms with Crippen LogP contribution in [0.2, 0.25) is 5.02 Å². The molecule has 6 heteroatoms. The van der Waals surface area contributed by atoms with E-state index in [4.69, 9.17) is 21.1 Å². The summed E-state index contributed by atoms with van der Waals surface area (Å²) in [7, 11) is 1.61. The number of amides is 1. The summed E-state index contributed by atoms with van der Waals surface area (Å²) < 4.78 is 10.9. The van der Waals surface area contributed by atoms with Crippen LogP contribution in [0.25, 0.3) is 0 Å². The van der Waals surface area contributed by atoms with Crippen molar-refractivity contribution in [2.24, 2.45) is 0 Å². The molecule has 0 saturated heterocycles. The number of ether oxygens (including phenoxy) is 2. The van der Waals surface area contributed by atoms with Gasteiger partial charge in [-0.25, -0.2) is 0 Å². The van der Waals surface area contributed by atoms with Gasteiger partial charge in [-0.3, -0.25) is 4.79 Å². The minimum atomic E-state index is -0.145. The smallest absolute Gasteiger partial charge is 0.265 e. The van der Waals surface area contributed by atoms with Crippen LogP contribution in [0, 0.1) is 6.92 Å². The number of thiophene rings is 1. The second kappa shape index (κ2) is 8.25. The summed E-state index contributed by atoms with van der Waals surface area (Å²) in [5.41, 5.74) is 2.63. The monoisotopic (exact) mass is 387 g/mol. The summed E-state index contributed by atoms with van der Waals surface area (Å²) >= 11 is 7.40. The molecule has 0 saturated carbocycles. The number of rotatable bonds is 6. The van der Waals surface area contributed by atoms with E-state index in [1.165, 1.54) is 11.3 Å². The van der Waals surface area contributed by atoms with Crippen molar-refractivity contribution >= 4 is 34.5 Å². The highest BCUT2D eigenvalue weighted by molar-refractivity contribution is 7.12. The Morgan fingerprint density at radius 1 is 1.12 bits per heavy atom. The third kappa shape index (κ3) is 4.56. The molecule has 4 nitrogen and oxygen atoms in total. The average Bonchev–Trinajstić information content (AvgIpc) is 3.12. The maximum Gasteiger partial charge on any atom is 0.265 e. The molecule has 1 aromatic heterocycles. The molecule has 1 amide bonds. The number of anilines is 1. The van der Waals surface area contributed by atoms with E-state index in [1.54, 1.807) is 31.4 Å². The van der Waals surface area contributed by atoms with Gasteiger partial charge >= 0.3 is 0 Å². The Morgan fingerprint density at radius 3 is 2.54 bits per heavy atom. The molecule has 3 aromatic rings. The second-order valence-corrected chi connectivity index (χ2v) is 7.02. The molecular formula is C20H18ClNO3S. The molecule has 0 atom stereocenters. The summed E-state index contributed by atoms with van der Waals surface area (Å²) in [6, 6.07) is 14.6. The maximum absolute atomic E-state index is 12.4. The highest BCUT2D eigenvalue weighted by Gasteiger charge is 2.10. The molecule has 0 unspecified atom stereocenters. The number of hydrogen-bond acceptors (Lipinski definition) is 4. The van der Waals surface area contributed by atoms with Gasteiger partial charge in [-0.1, -0.05) is 11.6 Å². The van der Waals surface area contributed by atoms with E-state index in [9.17, 15) is 4.79 Å². The highest BCUT2D eigenvalue weighted by atomic mass is 35.5. The number of aryl methyl sites for hydroxylation is 1. The van der Waals surface area contributed by atoms with Crippen LogP contribution in [-0.2, 0) is 6.61 Å². The first-order chi connectivity index (χ1) is 12.5. The predicted octanol–water partition coefficient (Wildman–Crippen LogP) is 5.55. The fourth-order valence-corrected chi connectivity index (χ4v) is 3.22. The number of carbonyl (C=O) groups is 1. The Labute approximate surface area is 161 Å². The van der Waals surface area contributed by atoms with Gasteiger partial charge in [-0.05, 0) is 66.4 Å². The summed E-state index contributed by atoms with van der Waals surface area (Å²) in [6.45, 7) is 2.33. The zero-order chi connectivity index (χ0) is 18.5. The first-order valence-electron chi connectivity index (χ1n) is 7.97. The summed E-state index contributed by atoms with van der Waals surface area (Å²) in [5, 5.41) is 5.51. The van der Waals surface area contributed by atoms with Gasteiger partial charge in [0.1, 0.15) is 18.1 Å². The zero-order valence-electron chi connectivity index (χ0n) is 14.4. The summed E-state index contributed by atoms with van der Waals surface area (Å²) in [5.74, 6) is 1.35. The van der Waals surface area contributed by atoms with Crippen LogP contribution in [0.1, 0.15) is 20.8 Å². The summed E-state index contributed by atoms with van der Waals surface area (Å²) in [4.78, 5) is 13.0. The van der Waals surface area contributed by atoms with Crippen LogP contribution in [0.5, 0.6) is 11.5 Å². The Balaban J connectivity index is 1.59. The van der Waals surface area contributed by atoms with Gasteiger partial charge in [-0.2, -0.15) is 0 Å². The Bertz CT molecular complexity index is 906. The van der Waals surface area contributed by atoms with E-state index in [0.717, 1.165) is 28.3 Å². The molecule has 26 heavy (non-hydrogen) atoms. The lowest BCUT2D eigenvalue weighted by atomic mass is 10.2. The number of nitrogens with one attached hydrogen (secondary N) is 1. The van der Waals surface area contributed by atoms with Crippen molar-refractivity contribution in [2.75, 3.05) is 12.4 Å². The number of hydrogen-bond donors (Lipinski definition) is 1. The SMILES string of the molecule is COc1ccc(NC(=O)c2cc(COc3ccc(Cl)c(C)c3)cs2)cc1. The Kier molecular flexibility index (Phi) is 5.81. The van der Waals surface area contributed by atoms with E-state index in [-0.39, 0.29) is 5.91 Å². The van der Waals surface area contributed by atoms with Crippen LogP contribution in [0.4, 0.5) is 5.69 Å². The standard InChI is InChI=1S/C20H18ClNO3S/c1-13-9-17(7-8-18(13)21)25-11-14-10-19(26-12-14)20(23)22-15-3-5-16(24-2)6-4-15/h3-10,12H,11H2,1-2H3,(H,22,23). The van der Waals surface area contributed by atoms with Crippen LogP contribution < -0.4 is 14.8 Å². The first-order valence-corrected chi connectivity index (χ1v) is 9.22. The van der Waals surface area contributed by atoms with Gasteiger partial charge in [0, 0.05) is 16.3 Å². The van der Waals surface area contributed by atoms with Crippen molar-refractivity contribution in [3.05, 3.63) is 74.9 Å². The number of halogens is 1. The minimum Gasteiger partial charge on any atom is -0.497 e. The zero-order valence-corrected chi connectivity index (χ0v) is 16.0. The van der Waals surface area contributed by atoms with Crippen LogP contribution in [0.15, 0.2) is 53.9 Å². The summed E-state index contributed by atoms with van der Waals surface area (Å²) in [6.07, 6.45) is 0.